The lowest BCUT2D eigenvalue weighted by atomic mass is 9.89. The lowest BCUT2D eigenvalue weighted by Gasteiger charge is -2.21. The smallest absolute Gasteiger partial charge is 0.317 e. The minimum absolute atomic E-state index is 0.113. The molecule has 0 aliphatic carbocycles. The number of carbonyl (C=O) groups is 1. The number of likely N-dealkylation sites (tertiary alicyclic amines) is 1. The van der Waals surface area contributed by atoms with Crippen LogP contribution in [0.15, 0.2) is 0 Å². The van der Waals surface area contributed by atoms with Crippen LogP contribution in [0, 0.1) is 11.8 Å². The molecule has 0 bridgehead atoms. The molecule has 15 heavy (non-hydrogen) atoms. The number of urea groups is 1. The van der Waals surface area contributed by atoms with Crippen LogP contribution in [-0.4, -0.2) is 30.6 Å². The van der Waals surface area contributed by atoms with E-state index in [1.165, 1.54) is 6.42 Å². The number of amides is 2. The van der Waals surface area contributed by atoms with Gasteiger partial charge in [0.15, 0.2) is 0 Å². The number of nitrogens with zero attached hydrogens (tertiary/aromatic N) is 1. The molecule has 0 saturated carbocycles. The second-order valence-corrected chi connectivity index (χ2v) is 4.76. The Morgan fingerprint density at radius 2 is 2.13 bits per heavy atom. The zero-order valence-corrected chi connectivity index (χ0v) is 10.3. The van der Waals surface area contributed by atoms with Crippen LogP contribution < -0.4 is 5.32 Å². The highest BCUT2D eigenvalue weighted by Crippen LogP contribution is 2.24. The minimum Gasteiger partial charge on any atom is -0.338 e. The largest absolute Gasteiger partial charge is 0.338 e. The molecule has 1 aliphatic heterocycles. The number of nitrogens with one attached hydrogen (secondary N) is 1. The van der Waals surface area contributed by atoms with Gasteiger partial charge < -0.3 is 10.2 Å². The van der Waals surface area contributed by atoms with Crippen LogP contribution in [0.4, 0.5) is 4.79 Å². The summed E-state index contributed by atoms with van der Waals surface area (Å²) in [6.07, 6.45) is 3.59. The third kappa shape index (κ3) is 3.73. The molecule has 1 N–H and O–H groups in total. The number of hydrogen-bond donors (Lipinski definition) is 1. The first-order chi connectivity index (χ1) is 7.15. The topological polar surface area (TPSA) is 32.3 Å². The average molecular weight is 212 g/mol. The van der Waals surface area contributed by atoms with Gasteiger partial charge in [0.1, 0.15) is 0 Å². The molecule has 1 saturated heterocycles. The molecule has 1 aliphatic rings. The minimum atomic E-state index is 0.113. The van der Waals surface area contributed by atoms with Crippen LogP contribution in [0.5, 0.6) is 0 Å². The van der Waals surface area contributed by atoms with Crippen molar-refractivity contribution >= 4 is 6.03 Å². The van der Waals surface area contributed by atoms with Crippen molar-refractivity contribution in [2.45, 2.75) is 40.0 Å². The van der Waals surface area contributed by atoms with Crippen molar-refractivity contribution in [2.24, 2.45) is 11.8 Å². The second-order valence-electron chi connectivity index (χ2n) is 4.76. The Kier molecular flexibility index (Phi) is 4.92. The van der Waals surface area contributed by atoms with Crippen molar-refractivity contribution in [1.29, 1.82) is 0 Å². The summed E-state index contributed by atoms with van der Waals surface area (Å²) in [6.45, 7) is 9.11. The fourth-order valence-electron chi connectivity index (χ4n) is 2.25. The highest BCUT2D eigenvalue weighted by Gasteiger charge is 2.21. The monoisotopic (exact) mass is 212 g/mol. The van der Waals surface area contributed by atoms with Gasteiger partial charge in [-0.3, -0.25) is 0 Å². The Balaban J connectivity index is 2.42. The van der Waals surface area contributed by atoms with Crippen molar-refractivity contribution in [1.82, 2.24) is 10.2 Å². The van der Waals surface area contributed by atoms with Crippen molar-refractivity contribution in [3.05, 3.63) is 0 Å². The zero-order valence-electron chi connectivity index (χ0n) is 10.3. The van der Waals surface area contributed by atoms with Gasteiger partial charge in [0.05, 0.1) is 0 Å². The van der Waals surface area contributed by atoms with E-state index in [1.807, 2.05) is 11.8 Å². The first-order valence-corrected chi connectivity index (χ1v) is 6.18. The third-order valence-corrected chi connectivity index (χ3v) is 3.33. The van der Waals surface area contributed by atoms with Gasteiger partial charge >= 0.3 is 6.03 Å². The predicted molar refractivity (Wildman–Crippen MR) is 62.8 cm³/mol. The Morgan fingerprint density at radius 1 is 1.40 bits per heavy atom. The molecule has 1 rings (SSSR count). The van der Waals surface area contributed by atoms with E-state index in [0.717, 1.165) is 44.3 Å². The van der Waals surface area contributed by atoms with E-state index in [1.54, 1.807) is 0 Å². The summed E-state index contributed by atoms with van der Waals surface area (Å²) >= 11 is 0. The number of rotatable bonds is 2. The van der Waals surface area contributed by atoms with E-state index in [4.69, 9.17) is 0 Å². The van der Waals surface area contributed by atoms with Crippen molar-refractivity contribution < 1.29 is 4.79 Å². The molecule has 1 unspecified atom stereocenters. The summed E-state index contributed by atoms with van der Waals surface area (Å²) < 4.78 is 0. The fraction of sp³-hybridized carbons (Fsp3) is 0.917. The van der Waals surface area contributed by atoms with E-state index >= 15 is 0 Å². The molecule has 0 radical (unpaired) electrons. The van der Waals surface area contributed by atoms with Crippen molar-refractivity contribution in [3.8, 4) is 0 Å². The van der Waals surface area contributed by atoms with Crippen LogP contribution in [-0.2, 0) is 0 Å². The van der Waals surface area contributed by atoms with Crippen LogP contribution in [0.3, 0.4) is 0 Å². The Hall–Kier alpha value is -0.730. The summed E-state index contributed by atoms with van der Waals surface area (Å²) in [5, 5.41) is 2.87. The third-order valence-electron chi connectivity index (χ3n) is 3.33. The van der Waals surface area contributed by atoms with Gasteiger partial charge in [-0.1, -0.05) is 13.8 Å². The maximum absolute atomic E-state index is 11.6. The van der Waals surface area contributed by atoms with Crippen molar-refractivity contribution in [2.75, 3.05) is 19.6 Å². The summed E-state index contributed by atoms with van der Waals surface area (Å²) in [5.74, 6) is 1.55. The second kappa shape index (κ2) is 5.99. The fourth-order valence-corrected chi connectivity index (χ4v) is 2.25. The molecule has 0 spiro atoms. The molecular formula is C12H24N2O. The summed E-state index contributed by atoms with van der Waals surface area (Å²) in [6, 6.07) is 0.113. The van der Waals surface area contributed by atoms with E-state index in [9.17, 15) is 4.79 Å². The Morgan fingerprint density at radius 3 is 2.73 bits per heavy atom. The van der Waals surface area contributed by atoms with E-state index in [0.29, 0.717) is 0 Å². The maximum Gasteiger partial charge on any atom is 0.317 e. The Bertz CT molecular complexity index is 204. The molecule has 2 amide bonds. The molecular weight excluding hydrogens is 188 g/mol. The SMILES string of the molecule is CCNC(=O)N1CCCC(C(C)C)CC1. The number of carbonyl (C=O) groups excluding carboxylic acids is 1. The summed E-state index contributed by atoms with van der Waals surface area (Å²) in [4.78, 5) is 13.6. The van der Waals surface area contributed by atoms with Crippen LogP contribution >= 0.6 is 0 Å². The number of hydrogen-bond acceptors (Lipinski definition) is 1. The first kappa shape index (κ1) is 12.3. The predicted octanol–water partition coefficient (Wildman–Crippen LogP) is 2.47. The van der Waals surface area contributed by atoms with Gasteiger partial charge in [-0.25, -0.2) is 4.79 Å². The van der Waals surface area contributed by atoms with Gasteiger partial charge in [0.2, 0.25) is 0 Å². The van der Waals surface area contributed by atoms with E-state index < -0.39 is 0 Å². The molecule has 3 nitrogen and oxygen atoms in total. The molecule has 1 fully saturated rings. The quantitative estimate of drug-likeness (QED) is 0.749. The average Bonchev–Trinajstić information content (AvgIpc) is 2.43. The van der Waals surface area contributed by atoms with Crippen molar-refractivity contribution in [3.63, 3.8) is 0 Å². The van der Waals surface area contributed by atoms with Gasteiger partial charge in [0, 0.05) is 19.6 Å². The molecule has 88 valence electrons. The summed E-state index contributed by atoms with van der Waals surface area (Å²) in [5.41, 5.74) is 0. The molecule has 1 atom stereocenters. The molecule has 3 heteroatoms. The molecule has 1 heterocycles. The molecule has 0 aromatic heterocycles. The summed E-state index contributed by atoms with van der Waals surface area (Å²) in [7, 11) is 0. The van der Waals surface area contributed by atoms with E-state index in [-0.39, 0.29) is 6.03 Å². The normalized spacial score (nSPS) is 22.7. The first-order valence-electron chi connectivity index (χ1n) is 6.18. The lowest BCUT2D eigenvalue weighted by molar-refractivity contribution is 0.199. The van der Waals surface area contributed by atoms with Gasteiger partial charge in [-0.15, -0.1) is 0 Å². The van der Waals surface area contributed by atoms with Gasteiger partial charge in [-0.05, 0) is 38.0 Å². The lowest BCUT2D eigenvalue weighted by Crippen LogP contribution is -2.40. The molecule has 0 aromatic carbocycles. The highest BCUT2D eigenvalue weighted by molar-refractivity contribution is 5.74. The van der Waals surface area contributed by atoms with Crippen LogP contribution in [0.25, 0.3) is 0 Å². The van der Waals surface area contributed by atoms with Gasteiger partial charge in [0.25, 0.3) is 0 Å². The van der Waals surface area contributed by atoms with Gasteiger partial charge in [-0.2, -0.15) is 0 Å². The van der Waals surface area contributed by atoms with Crippen LogP contribution in [0.2, 0.25) is 0 Å². The zero-order chi connectivity index (χ0) is 11.3. The van der Waals surface area contributed by atoms with Crippen LogP contribution in [0.1, 0.15) is 40.0 Å². The van der Waals surface area contributed by atoms with E-state index in [2.05, 4.69) is 19.2 Å². The Labute approximate surface area is 93.2 Å². The standard InChI is InChI=1S/C12H24N2O/c1-4-13-12(15)14-8-5-6-11(7-9-14)10(2)3/h10-11H,4-9H2,1-3H3,(H,13,15). The highest BCUT2D eigenvalue weighted by atomic mass is 16.2. The molecule has 0 aromatic rings. The maximum atomic E-state index is 11.6.